The number of fused-ring (bicyclic) bond motifs is 1. The topological polar surface area (TPSA) is 60.4 Å². The minimum Gasteiger partial charge on any atom is -0.497 e. The highest BCUT2D eigenvalue weighted by Gasteiger charge is 2.17. The Hall–Kier alpha value is -2.28. The minimum absolute atomic E-state index is 0.0959. The van der Waals surface area contributed by atoms with E-state index in [0.29, 0.717) is 26.2 Å². The van der Waals surface area contributed by atoms with Crippen molar-refractivity contribution in [3.63, 3.8) is 0 Å². The van der Waals surface area contributed by atoms with Crippen molar-refractivity contribution >= 4 is 0 Å². The lowest BCUT2D eigenvalue weighted by Crippen LogP contribution is -2.34. The van der Waals surface area contributed by atoms with Gasteiger partial charge in [0.1, 0.15) is 5.75 Å². The van der Waals surface area contributed by atoms with E-state index >= 15 is 0 Å². The van der Waals surface area contributed by atoms with Crippen molar-refractivity contribution in [3.05, 3.63) is 53.6 Å². The number of rotatable bonds is 10. The summed E-state index contributed by atoms with van der Waals surface area (Å²) in [5, 5.41) is 10.4. The third-order valence-electron chi connectivity index (χ3n) is 4.50. The Morgan fingerprint density at radius 3 is 2.39 bits per heavy atom. The van der Waals surface area contributed by atoms with Crippen LogP contribution in [0.5, 0.6) is 17.2 Å². The molecule has 2 aromatic carbocycles. The van der Waals surface area contributed by atoms with Gasteiger partial charge in [0.25, 0.3) is 0 Å². The number of nitrogens with zero attached hydrogens (tertiary/aromatic N) is 1. The van der Waals surface area contributed by atoms with Crippen LogP contribution in [0.25, 0.3) is 0 Å². The van der Waals surface area contributed by atoms with E-state index in [9.17, 15) is 5.11 Å². The summed E-state index contributed by atoms with van der Waals surface area (Å²) in [6.45, 7) is 6.41. The van der Waals surface area contributed by atoms with Crippen molar-refractivity contribution in [3.8, 4) is 17.2 Å². The molecule has 0 amide bonds. The van der Waals surface area contributed by atoms with Crippen LogP contribution in [0, 0.1) is 0 Å². The van der Waals surface area contributed by atoms with Crippen LogP contribution in [0.15, 0.2) is 42.5 Å². The summed E-state index contributed by atoms with van der Waals surface area (Å²) in [5.74, 6) is 2.37. The second-order valence-electron chi connectivity index (χ2n) is 7.24. The zero-order valence-corrected chi connectivity index (χ0v) is 16.8. The summed E-state index contributed by atoms with van der Waals surface area (Å²) in [5.41, 5.74) is 2.26. The summed E-state index contributed by atoms with van der Waals surface area (Å²) >= 11 is 0. The van der Waals surface area contributed by atoms with Crippen molar-refractivity contribution in [2.24, 2.45) is 0 Å². The molecule has 0 fully saturated rings. The first-order chi connectivity index (χ1) is 13.5. The fourth-order valence-corrected chi connectivity index (χ4v) is 3.13. The molecule has 28 heavy (non-hydrogen) atoms. The molecule has 0 aliphatic carbocycles. The maximum Gasteiger partial charge on any atom is 0.231 e. The van der Waals surface area contributed by atoms with Gasteiger partial charge in [0.05, 0.1) is 25.9 Å². The van der Waals surface area contributed by atoms with Crippen molar-refractivity contribution < 1.29 is 24.1 Å². The Labute approximate surface area is 166 Å². The van der Waals surface area contributed by atoms with Gasteiger partial charge in [-0.25, -0.2) is 0 Å². The van der Waals surface area contributed by atoms with Gasteiger partial charge in [0.2, 0.25) is 6.79 Å². The third kappa shape index (κ3) is 5.86. The van der Waals surface area contributed by atoms with Crippen LogP contribution in [0.3, 0.4) is 0 Å². The molecule has 0 bridgehead atoms. The van der Waals surface area contributed by atoms with E-state index in [1.54, 1.807) is 7.11 Å². The second kappa shape index (κ2) is 9.78. The normalized spacial score (nSPS) is 13.9. The molecule has 0 radical (unpaired) electrons. The Balaban J connectivity index is 1.69. The SMILES string of the molecule is COc1ccc(CN(Cc2ccc3c(c2)OCO3)C[C@H](O)COC(C)C)cc1. The molecule has 2 aromatic rings. The van der Waals surface area contributed by atoms with E-state index < -0.39 is 6.10 Å². The molecule has 3 rings (SSSR count). The fraction of sp³-hybridized carbons (Fsp3) is 0.455. The fourth-order valence-electron chi connectivity index (χ4n) is 3.13. The lowest BCUT2D eigenvalue weighted by atomic mass is 10.1. The maximum absolute atomic E-state index is 10.4. The highest BCUT2D eigenvalue weighted by atomic mass is 16.7. The maximum atomic E-state index is 10.4. The molecule has 0 aromatic heterocycles. The van der Waals surface area contributed by atoms with E-state index in [1.165, 1.54) is 0 Å². The predicted octanol–water partition coefficient (Wildman–Crippen LogP) is 3.21. The highest BCUT2D eigenvalue weighted by molar-refractivity contribution is 5.44. The molecule has 1 N–H and O–H groups in total. The van der Waals surface area contributed by atoms with Crippen LogP contribution >= 0.6 is 0 Å². The average molecular weight is 387 g/mol. The molecule has 1 aliphatic rings. The number of methoxy groups -OCH3 is 1. The first-order valence-electron chi connectivity index (χ1n) is 9.57. The molecule has 0 unspecified atom stereocenters. The Morgan fingerprint density at radius 2 is 1.68 bits per heavy atom. The standard InChI is InChI=1S/C22H29NO5/c1-16(2)26-14-19(24)13-23(11-17-4-7-20(25-3)8-5-17)12-18-6-9-21-22(10-18)28-15-27-21/h4-10,16,19,24H,11-15H2,1-3H3/t19-/m0/s1. The Bertz CT molecular complexity index is 747. The smallest absolute Gasteiger partial charge is 0.231 e. The van der Waals surface area contributed by atoms with Gasteiger partial charge in [-0.1, -0.05) is 18.2 Å². The Kier molecular flexibility index (Phi) is 7.14. The number of hydrogen-bond donors (Lipinski definition) is 1. The number of aliphatic hydroxyl groups excluding tert-OH is 1. The first kappa shape index (κ1) is 20.5. The molecule has 152 valence electrons. The van der Waals surface area contributed by atoms with Gasteiger partial charge < -0.3 is 24.1 Å². The average Bonchev–Trinajstić information content (AvgIpc) is 3.15. The molecule has 0 saturated carbocycles. The zero-order chi connectivity index (χ0) is 19.9. The van der Waals surface area contributed by atoms with Gasteiger partial charge in [-0.05, 0) is 49.2 Å². The van der Waals surface area contributed by atoms with Gasteiger partial charge in [-0.3, -0.25) is 4.90 Å². The number of aliphatic hydroxyl groups is 1. The van der Waals surface area contributed by atoms with E-state index in [2.05, 4.69) is 4.90 Å². The van der Waals surface area contributed by atoms with Crippen LogP contribution in [0.4, 0.5) is 0 Å². The molecular weight excluding hydrogens is 358 g/mol. The second-order valence-corrected chi connectivity index (χ2v) is 7.24. The molecule has 0 spiro atoms. The van der Waals surface area contributed by atoms with E-state index in [-0.39, 0.29) is 12.9 Å². The van der Waals surface area contributed by atoms with E-state index in [4.69, 9.17) is 18.9 Å². The molecule has 1 atom stereocenters. The summed E-state index contributed by atoms with van der Waals surface area (Å²) in [6.07, 6.45) is -0.465. The van der Waals surface area contributed by atoms with Crippen molar-refractivity contribution in [1.29, 1.82) is 0 Å². The van der Waals surface area contributed by atoms with Gasteiger partial charge in [0, 0.05) is 19.6 Å². The summed E-state index contributed by atoms with van der Waals surface area (Å²) in [7, 11) is 1.66. The molecular formula is C22H29NO5. The largest absolute Gasteiger partial charge is 0.497 e. The van der Waals surface area contributed by atoms with Crippen molar-refractivity contribution in [1.82, 2.24) is 4.90 Å². The first-order valence-corrected chi connectivity index (χ1v) is 9.57. The minimum atomic E-state index is -0.561. The summed E-state index contributed by atoms with van der Waals surface area (Å²) < 4.78 is 21.7. The van der Waals surface area contributed by atoms with Crippen LogP contribution in [0.1, 0.15) is 25.0 Å². The highest BCUT2D eigenvalue weighted by Crippen LogP contribution is 2.33. The third-order valence-corrected chi connectivity index (χ3v) is 4.50. The van der Waals surface area contributed by atoms with E-state index in [1.807, 2.05) is 56.3 Å². The monoisotopic (exact) mass is 387 g/mol. The molecule has 0 saturated heterocycles. The van der Waals surface area contributed by atoms with Crippen LogP contribution < -0.4 is 14.2 Å². The number of ether oxygens (including phenoxy) is 4. The lowest BCUT2D eigenvalue weighted by Gasteiger charge is -2.26. The predicted molar refractivity (Wildman–Crippen MR) is 107 cm³/mol. The van der Waals surface area contributed by atoms with Gasteiger partial charge >= 0.3 is 0 Å². The van der Waals surface area contributed by atoms with E-state index in [0.717, 1.165) is 28.4 Å². The molecule has 1 heterocycles. The lowest BCUT2D eigenvalue weighted by molar-refractivity contribution is -0.0106. The summed E-state index contributed by atoms with van der Waals surface area (Å²) in [4.78, 5) is 2.20. The zero-order valence-electron chi connectivity index (χ0n) is 16.8. The van der Waals surface area contributed by atoms with Crippen molar-refractivity contribution in [2.45, 2.75) is 39.1 Å². The van der Waals surface area contributed by atoms with Crippen molar-refractivity contribution in [2.75, 3.05) is 27.1 Å². The molecule has 6 heteroatoms. The number of hydrogen-bond acceptors (Lipinski definition) is 6. The van der Waals surface area contributed by atoms with Gasteiger partial charge in [-0.15, -0.1) is 0 Å². The number of benzene rings is 2. The molecule has 6 nitrogen and oxygen atoms in total. The van der Waals surface area contributed by atoms with Crippen LogP contribution in [-0.4, -0.2) is 49.3 Å². The van der Waals surface area contributed by atoms with Crippen LogP contribution in [0.2, 0.25) is 0 Å². The van der Waals surface area contributed by atoms with Gasteiger partial charge in [-0.2, -0.15) is 0 Å². The quantitative estimate of drug-likeness (QED) is 0.676. The van der Waals surface area contributed by atoms with Gasteiger partial charge in [0.15, 0.2) is 11.5 Å². The van der Waals surface area contributed by atoms with Crippen LogP contribution in [-0.2, 0) is 17.8 Å². The summed E-state index contributed by atoms with van der Waals surface area (Å²) in [6, 6.07) is 14.0. The molecule has 1 aliphatic heterocycles. The Morgan fingerprint density at radius 1 is 1.00 bits per heavy atom.